The number of hydrogen-bond donors (Lipinski definition) is 0. The number of carbonyl (C=O) groups is 1. The van der Waals surface area contributed by atoms with Gasteiger partial charge in [-0.3, -0.25) is 0 Å². The maximum Gasteiger partial charge on any atom is 0.330 e. The maximum atomic E-state index is 11.0. The summed E-state index contributed by atoms with van der Waals surface area (Å²) >= 11 is 1.49. The van der Waals surface area contributed by atoms with E-state index in [9.17, 15) is 4.79 Å². The Morgan fingerprint density at radius 3 is 3.25 bits per heavy atom. The number of aryl methyl sites for hydroxylation is 1. The number of hydrogen-bond acceptors (Lipinski definition) is 4. The van der Waals surface area contributed by atoms with E-state index in [4.69, 9.17) is 4.74 Å². The molecule has 1 atom stereocenters. The van der Waals surface area contributed by atoms with Crippen molar-refractivity contribution >= 4 is 23.6 Å². The summed E-state index contributed by atoms with van der Waals surface area (Å²) in [6.45, 7) is 2.03. The van der Waals surface area contributed by atoms with Gasteiger partial charge in [0.25, 0.3) is 0 Å². The molecule has 1 aliphatic heterocycles. The molecule has 1 unspecified atom stereocenters. The summed E-state index contributed by atoms with van der Waals surface area (Å²) in [6.07, 6.45) is 8.83. The van der Waals surface area contributed by atoms with Crippen LogP contribution >= 0.6 is 11.5 Å². The Morgan fingerprint density at radius 1 is 1.69 bits per heavy atom. The molecule has 0 fully saturated rings. The van der Waals surface area contributed by atoms with Crippen LogP contribution in [0.25, 0.3) is 6.08 Å². The molecule has 0 spiro atoms. The highest BCUT2D eigenvalue weighted by atomic mass is 32.1. The number of rotatable bonds is 3. The molecule has 0 saturated carbocycles. The van der Waals surface area contributed by atoms with Crippen molar-refractivity contribution in [1.29, 1.82) is 0 Å². The molecule has 0 saturated heterocycles. The van der Waals surface area contributed by atoms with Gasteiger partial charge < -0.3 is 4.74 Å². The Labute approximate surface area is 98.6 Å². The molecule has 0 bridgehead atoms. The SMILES string of the molecule is Cc1cc(C=CCC2CC=CC(=O)O2)ns1. The lowest BCUT2D eigenvalue weighted by atomic mass is 10.1. The lowest BCUT2D eigenvalue weighted by Gasteiger charge is -2.16. The van der Waals surface area contributed by atoms with Crippen molar-refractivity contribution in [1.82, 2.24) is 4.37 Å². The standard InChI is InChI=1S/C12H13NO2S/c1-9-8-10(13-16-9)4-2-5-11-6-3-7-12(14)15-11/h2-4,7-8,11H,5-6H2,1H3. The molecule has 1 aromatic heterocycles. The van der Waals surface area contributed by atoms with Crippen LogP contribution in [0.2, 0.25) is 0 Å². The fourth-order valence-corrected chi connectivity index (χ4v) is 2.05. The monoisotopic (exact) mass is 235 g/mol. The molecule has 0 radical (unpaired) electrons. The molecule has 2 rings (SSSR count). The highest BCUT2D eigenvalue weighted by Crippen LogP contribution is 2.14. The fraction of sp³-hybridized carbons (Fsp3) is 0.333. The number of carbonyl (C=O) groups excluding carboxylic acids is 1. The van der Waals surface area contributed by atoms with Crippen LogP contribution in [0.4, 0.5) is 0 Å². The van der Waals surface area contributed by atoms with Gasteiger partial charge >= 0.3 is 5.97 Å². The van der Waals surface area contributed by atoms with E-state index in [0.717, 1.165) is 18.5 Å². The highest BCUT2D eigenvalue weighted by Gasteiger charge is 2.13. The molecule has 4 heteroatoms. The number of aromatic nitrogens is 1. The van der Waals surface area contributed by atoms with E-state index in [-0.39, 0.29) is 12.1 Å². The highest BCUT2D eigenvalue weighted by molar-refractivity contribution is 7.05. The van der Waals surface area contributed by atoms with Crippen LogP contribution in [-0.4, -0.2) is 16.4 Å². The second-order valence-electron chi connectivity index (χ2n) is 3.70. The van der Waals surface area contributed by atoms with E-state index in [1.54, 1.807) is 0 Å². The predicted molar refractivity (Wildman–Crippen MR) is 64.1 cm³/mol. The second kappa shape index (κ2) is 5.07. The summed E-state index contributed by atoms with van der Waals surface area (Å²) in [5.74, 6) is -0.242. The van der Waals surface area contributed by atoms with Crippen LogP contribution in [0.1, 0.15) is 23.4 Å². The first-order valence-electron chi connectivity index (χ1n) is 5.21. The van der Waals surface area contributed by atoms with Gasteiger partial charge in [0, 0.05) is 23.8 Å². The molecule has 0 aromatic carbocycles. The van der Waals surface area contributed by atoms with Gasteiger partial charge in [-0.2, -0.15) is 4.37 Å². The van der Waals surface area contributed by atoms with Crippen molar-refractivity contribution in [3.63, 3.8) is 0 Å². The van der Waals surface area contributed by atoms with Crippen LogP contribution in [0.15, 0.2) is 24.3 Å². The van der Waals surface area contributed by atoms with Crippen molar-refractivity contribution < 1.29 is 9.53 Å². The average molecular weight is 235 g/mol. The summed E-state index contributed by atoms with van der Waals surface area (Å²) in [5.41, 5.74) is 0.972. The zero-order valence-electron chi connectivity index (χ0n) is 9.05. The number of ether oxygens (including phenoxy) is 1. The summed E-state index contributed by atoms with van der Waals surface area (Å²) < 4.78 is 9.38. The van der Waals surface area contributed by atoms with Gasteiger partial charge in [0.1, 0.15) is 6.10 Å². The molecule has 2 heterocycles. The first-order chi connectivity index (χ1) is 7.74. The fourth-order valence-electron chi connectivity index (χ4n) is 1.52. The molecule has 84 valence electrons. The molecule has 0 amide bonds. The lowest BCUT2D eigenvalue weighted by Crippen LogP contribution is -2.18. The van der Waals surface area contributed by atoms with Crippen LogP contribution in [0.5, 0.6) is 0 Å². The van der Waals surface area contributed by atoms with Gasteiger partial charge in [-0.25, -0.2) is 4.79 Å². The number of esters is 1. The number of nitrogens with zero attached hydrogens (tertiary/aromatic N) is 1. The first kappa shape index (κ1) is 11.1. The molecule has 1 aromatic rings. The molecule has 0 N–H and O–H groups in total. The minimum atomic E-state index is -0.242. The molecular weight excluding hydrogens is 222 g/mol. The molecule has 1 aliphatic rings. The van der Waals surface area contributed by atoms with Crippen molar-refractivity contribution in [3.05, 3.63) is 34.9 Å². The Kier molecular flexibility index (Phi) is 3.51. The zero-order chi connectivity index (χ0) is 11.4. The van der Waals surface area contributed by atoms with Gasteiger partial charge in [0.15, 0.2) is 0 Å². The third-order valence-corrected chi connectivity index (χ3v) is 2.98. The summed E-state index contributed by atoms with van der Waals surface area (Å²) in [4.78, 5) is 12.2. The van der Waals surface area contributed by atoms with Crippen LogP contribution in [0, 0.1) is 6.92 Å². The van der Waals surface area contributed by atoms with Gasteiger partial charge in [0.2, 0.25) is 0 Å². The topological polar surface area (TPSA) is 39.2 Å². The Hall–Kier alpha value is -1.42. The van der Waals surface area contributed by atoms with E-state index in [2.05, 4.69) is 4.37 Å². The van der Waals surface area contributed by atoms with Crippen LogP contribution < -0.4 is 0 Å². The molecule has 3 nitrogen and oxygen atoms in total. The molecule has 0 aliphatic carbocycles. The quantitative estimate of drug-likeness (QED) is 0.756. The van der Waals surface area contributed by atoms with E-state index in [0.29, 0.717) is 0 Å². The van der Waals surface area contributed by atoms with Gasteiger partial charge in [-0.1, -0.05) is 12.2 Å². The van der Waals surface area contributed by atoms with Gasteiger partial charge in [0.05, 0.1) is 5.69 Å². The predicted octanol–water partition coefficient (Wildman–Crippen LogP) is 2.73. The Balaban J connectivity index is 1.85. The normalized spacial score (nSPS) is 20.3. The number of cyclic esters (lactones) is 1. The average Bonchev–Trinajstić information content (AvgIpc) is 2.64. The smallest absolute Gasteiger partial charge is 0.330 e. The maximum absolute atomic E-state index is 11.0. The van der Waals surface area contributed by atoms with E-state index in [1.807, 2.05) is 31.2 Å². The van der Waals surface area contributed by atoms with Crippen molar-refractivity contribution in [3.8, 4) is 0 Å². The minimum Gasteiger partial charge on any atom is -0.459 e. The minimum absolute atomic E-state index is 0.0199. The van der Waals surface area contributed by atoms with E-state index >= 15 is 0 Å². The molecule has 16 heavy (non-hydrogen) atoms. The first-order valence-corrected chi connectivity index (χ1v) is 5.98. The third-order valence-electron chi connectivity index (χ3n) is 2.27. The van der Waals surface area contributed by atoms with Gasteiger partial charge in [-0.15, -0.1) is 0 Å². The lowest BCUT2D eigenvalue weighted by molar-refractivity contribution is -0.143. The third kappa shape index (κ3) is 3.03. The van der Waals surface area contributed by atoms with Gasteiger partial charge in [-0.05, 0) is 30.6 Å². The Morgan fingerprint density at radius 2 is 2.56 bits per heavy atom. The zero-order valence-corrected chi connectivity index (χ0v) is 9.87. The summed E-state index contributed by atoms with van der Waals surface area (Å²) in [7, 11) is 0. The Bertz CT molecular complexity index is 434. The van der Waals surface area contributed by atoms with Crippen molar-refractivity contribution in [2.75, 3.05) is 0 Å². The largest absolute Gasteiger partial charge is 0.459 e. The van der Waals surface area contributed by atoms with Crippen LogP contribution in [0.3, 0.4) is 0 Å². The summed E-state index contributed by atoms with van der Waals surface area (Å²) in [6, 6.07) is 2.04. The van der Waals surface area contributed by atoms with E-state index in [1.165, 1.54) is 22.5 Å². The van der Waals surface area contributed by atoms with Crippen LogP contribution in [-0.2, 0) is 9.53 Å². The van der Waals surface area contributed by atoms with Crippen molar-refractivity contribution in [2.45, 2.75) is 25.9 Å². The second-order valence-corrected chi connectivity index (χ2v) is 4.71. The summed E-state index contributed by atoms with van der Waals surface area (Å²) in [5, 5.41) is 0. The van der Waals surface area contributed by atoms with E-state index < -0.39 is 0 Å². The van der Waals surface area contributed by atoms with Crippen molar-refractivity contribution in [2.24, 2.45) is 0 Å². The molecular formula is C12H13NO2S.